The number of benzene rings is 1. The van der Waals surface area contributed by atoms with Crippen molar-refractivity contribution >= 4 is 17.7 Å². The molecule has 26 heavy (non-hydrogen) atoms. The van der Waals surface area contributed by atoms with E-state index in [9.17, 15) is 9.59 Å². The highest BCUT2D eigenvalue weighted by Crippen LogP contribution is 2.23. The molecule has 0 saturated heterocycles. The van der Waals surface area contributed by atoms with Crippen LogP contribution in [0, 0.1) is 6.92 Å². The fraction of sp³-hybridized carbons (Fsp3) is 0.421. The fourth-order valence-electron chi connectivity index (χ4n) is 2.88. The summed E-state index contributed by atoms with van der Waals surface area (Å²) in [5.74, 6) is -0.248. The molecule has 2 aromatic rings. The van der Waals surface area contributed by atoms with E-state index < -0.39 is 5.60 Å². The Bertz CT molecular complexity index is 836. The number of rotatable bonds is 2. The van der Waals surface area contributed by atoms with Crippen LogP contribution in [0.1, 0.15) is 48.1 Å². The summed E-state index contributed by atoms with van der Waals surface area (Å²) in [6.07, 6.45) is 0.199. The molecule has 7 heteroatoms. The molecule has 0 atom stereocenters. The molecule has 0 bridgehead atoms. The molecule has 0 saturated carbocycles. The quantitative estimate of drug-likeness (QED) is 0.864. The Kier molecular flexibility index (Phi) is 4.71. The van der Waals surface area contributed by atoms with Gasteiger partial charge in [-0.15, -0.1) is 0 Å². The van der Waals surface area contributed by atoms with Gasteiger partial charge < -0.3 is 15.0 Å². The van der Waals surface area contributed by atoms with Crippen LogP contribution in [0.2, 0.25) is 0 Å². The summed E-state index contributed by atoms with van der Waals surface area (Å²) in [6, 6.07) is 7.60. The Hall–Kier alpha value is -2.83. The second-order valence-electron chi connectivity index (χ2n) is 7.45. The molecule has 0 spiro atoms. The summed E-state index contributed by atoms with van der Waals surface area (Å²) in [5, 5.41) is 9.97. The van der Waals surface area contributed by atoms with Crippen molar-refractivity contribution in [3.8, 4) is 0 Å². The Morgan fingerprint density at radius 2 is 2.00 bits per heavy atom. The number of aryl methyl sites for hydroxylation is 1. The largest absolute Gasteiger partial charge is 0.444 e. The first-order chi connectivity index (χ1) is 12.2. The van der Waals surface area contributed by atoms with Crippen molar-refractivity contribution in [3.05, 3.63) is 46.8 Å². The molecule has 7 nitrogen and oxygen atoms in total. The average Bonchev–Trinajstić information content (AvgIpc) is 2.98. The Balaban J connectivity index is 1.72. The van der Waals surface area contributed by atoms with Crippen molar-refractivity contribution in [2.75, 3.05) is 11.9 Å². The molecular formula is C19H24N4O3. The van der Waals surface area contributed by atoms with E-state index >= 15 is 0 Å². The molecule has 1 aromatic heterocycles. The van der Waals surface area contributed by atoms with E-state index in [0.29, 0.717) is 25.2 Å². The number of amides is 2. The molecule has 0 aliphatic carbocycles. The molecule has 0 unspecified atom stereocenters. The van der Waals surface area contributed by atoms with Gasteiger partial charge in [-0.1, -0.05) is 18.2 Å². The number of aromatic nitrogens is 2. The van der Waals surface area contributed by atoms with Gasteiger partial charge in [0.15, 0.2) is 5.69 Å². The molecule has 1 aliphatic rings. The normalized spacial score (nSPS) is 13.9. The third-order valence-electron chi connectivity index (χ3n) is 4.19. The minimum Gasteiger partial charge on any atom is -0.444 e. The molecule has 2 N–H and O–H groups in total. The van der Waals surface area contributed by atoms with Gasteiger partial charge in [0.25, 0.3) is 5.91 Å². The molecular weight excluding hydrogens is 332 g/mol. The summed E-state index contributed by atoms with van der Waals surface area (Å²) in [4.78, 5) is 26.5. The van der Waals surface area contributed by atoms with Crippen LogP contribution in [-0.4, -0.2) is 39.2 Å². The van der Waals surface area contributed by atoms with E-state index in [2.05, 4.69) is 15.5 Å². The van der Waals surface area contributed by atoms with Crippen LogP contribution in [0.25, 0.3) is 0 Å². The van der Waals surface area contributed by atoms with Crippen molar-refractivity contribution < 1.29 is 14.3 Å². The van der Waals surface area contributed by atoms with Gasteiger partial charge in [-0.2, -0.15) is 5.10 Å². The first kappa shape index (κ1) is 18.0. The second kappa shape index (κ2) is 6.82. The third-order valence-corrected chi connectivity index (χ3v) is 4.19. The average molecular weight is 356 g/mol. The van der Waals surface area contributed by atoms with Crippen LogP contribution in [0.5, 0.6) is 0 Å². The van der Waals surface area contributed by atoms with Crippen LogP contribution in [0.4, 0.5) is 10.5 Å². The van der Waals surface area contributed by atoms with E-state index in [1.807, 2.05) is 52.0 Å². The molecule has 1 aliphatic heterocycles. The third kappa shape index (κ3) is 3.87. The predicted octanol–water partition coefficient (Wildman–Crippen LogP) is 3.26. The van der Waals surface area contributed by atoms with Crippen molar-refractivity contribution in [2.45, 2.75) is 46.3 Å². The molecule has 0 radical (unpaired) electrons. The van der Waals surface area contributed by atoms with Crippen LogP contribution in [-0.2, 0) is 17.7 Å². The van der Waals surface area contributed by atoms with Gasteiger partial charge in [-0.25, -0.2) is 4.79 Å². The standard InChI is InChI=1S/C19H24N4O3/c1-12-7-5-6-8-14(12)20-17(24)16-13-9-10-23(11-15(13)21-22-16)18(25)26-19(2,3)4/h5-8H,9-11H2,1-4H3,(H,20,24)(H,21,22). The summed E-state index contributed by atoms with van der Waals surface area (Å²) in [6.45, 7) is 8.30. The molecule has 1 aromatic carbocycles. The Morgan fingerprint density at radius 3 is 2.69 bits per heavy atom. The maximum Gasteiger partial charge on any atom is 0.410 e. The number of para-hydroxylation sites is 1. The SMILES string of the molecule is Cc1ccccc1NC(=O)c1n[nH]c2c1CCN(C(=O)OC(C)(C)C)C2. The second-order valence-corrected chi connectivity index (χ2v) is 7.45. The zero-order valence-corrected chi connectivity index (χ0v) is 15.5. The van der Waals surface area contributed by atoms with Crippen LogP contribution in [0.15, 0.2) is 24.3 Å². The highest BCUT2D eigenvalue weighted by molar-refractivity contribution is 6.04. The topological polar surface area (TPSA) is 87.3 Å². The summed E-state index contributed by atoms with van der Waals surface area (Å²) < 4.78 is 5.41. The maximum absolute atomic E-state index is 12.6. The van der Waals surface area contributed by atoms with Crippen molar-refractivity contribution in [3.63, 3.8) is 0 Å². The summed E-state index contributed by atoms with van der Waals surface area (Å²) >= 11 is 0. The van der Waals surface area contributed by atoms with E-state index in [1.165, 1.54) is 0 Å². The number of carbonyl (C=O) groups excluding carboxylic acids is 2. The van der Waals surface area contributed by atoms with Gasteiger partial charge in [0, 0.05) is 17.8 Å². The zero-order chi connectivity index (χ0) is 18.9. The van der Waals surface area contributed by atoms with E-state index in [0.717, 1.165) is 22.5 Å². The number of hydrogen-bond donors (Lipinski definition) is 2. The number of fused-ring (bicyclic) bond motifs is 1. The van der Waals surface area contributed by atoms with Crippen LogP contribution < -0.4 is 5.32 Å². The lowest BCUT2D eigenvalue weighted by Gasteiger charge is -2.29. The van der Waals surface area contributed by atoms with Crippen molar-refractivity contribution in [1.82, 2.24) is 15.1 Å². The predicted molar refractivity (Wildman–Crippen MR) is 98.1 cm³/mol. The lowest BCUT2D eigenvalue weighted by molar-refractivity contribution is 0.0221. The smallest absolute Gasteiger partial charge is 0.410 e. The van der Waals surface area contributed by atoms with E-state index in [-0.39, 0.29) is 12.0 Å². The number of ether oxygens (including phenoxy) is 1. The lowest BCUT2D eigenvalue weighted by atomic mass is 10.0. The van der Waals surface area contributed by atoms with Crippen LogP contribution in [0.3, 0.4) is 0 Å². The highest BCUT2D eigenvalue weighted by atomic mass is 16.6. The number of nitrogens with zero attached hydrogens (tertiary/aromatic N) is 2. The van der Waals surface area contributed by atoms with Gasteiger partial charge in [0.2, 0.25) is 0 Å². The fourth-order valence-corrected chi connectivity index (χ4v) is 2.88. The molecule has 138 valence electrons. The minimum atomic E-state index is -0.538. The number of aromatic amines is 1. The van der Waals surface area contributed by atoms with Gasteiger partial charge in [0.05, 0.1) is 12.2 Å². The van der Waals surface area contributed by atoms with E-state index in [4.69, 9.17) is 4.74 Å². The van der Waals surface area contributed by atoms with Gasteiger partial charge in [-0.3, -0.25) is 9.89 Å². The minimum absolute atomic E-state index is 0.248. The monoisotopic (exact) mass is 356 g/mol. The molecule has 2 amide bonds. The first-order valence-corrected chi connectivity index (χ1v) is 8.65. The number of anilines is 1. The van der Waals surface area contributed by atoms with Gasteiger partial charge >= 0.3 is 6.09 Å². The first-order valence-electron chi connectivity index (χ1n) is 8.65. The number of hydrogen-bond acceptors (Lipinski definition) is 4. The summed E-state index contributed by atoms with van der Waals surface area (Å²) in [5.41, 5.74) is 3.23. The molecule has 3 rings (SSSR count). The number of nitrogens with one attached hydrogen (secondary N) is 2. The van der Waals surface area contributed by atoms with Crippen LogP contribution >= 0.6 is 0 Å². The highest BCUT2D eigenvalue weighted by Gasteiger charge is 2.30. The van der Waals surface area contributed by atoms with E-state index in [1.54, 1.807) is 4.90 Å². The Labute approximate surface area is 152 Å². The zero-order valence-electron chi connectivity index (χ0n) is 15.5. The molecule has 0 fully saturated rings. The number of carbonyl (C=O) groups is 2. The maximum atomic E-state index is 12.6. The number of H-pyrrole nitrogens is 1. The molecule has 2 heterocycles. The lowest BCUT2D eigenvalue weighted by Crippen LogP contribution is -2.40. The Morgan fingerprint density at radius 1 is 1.27 bits per heavy atom. The van der Waals surface area contributed by atoms with Crippen molar-refractivity contribution in [1.29, 1.82) is 0 Å². The summed E-state index contributed by atoms with van der Waals surface area (Å²) in [7, 11) is 0. The van der Waals surface area contributed by atoms with Crippen molar-refractivity contribution in [2.24, 2.45) is 0 Å². The van der Waals surface area contributed by atoms with Gasteiger partial charge in [-0.05, 0) is 45.7 Å². The van der Waals surface area contributed by atoms with Gasteiger partial charge in [0.1, 0.15) is 5.60 Å².